The van der Waals surface area contributed by atoms with Crippen LogP contribution in [0.2, 0.25) is 5.02 Å². The number of amides is 1. The van der Waals surface area contributed by atoms with Crippen LogP contribution < -0.4 is 4.74 Å². The summed E-state index contributed by atoms with van der Waals surface area (Å²) in [5, 5.41) is 3.79. The molecule has 1 aliphatic rings. The molecule has 3 aromatic heterocycles. The lowest BCUT2D eigenvalue weighted by Crippen LogP contribution is -2.39. The fraction of sp³-hybridized carbons (Fsp3) is 0.280. The Kier molecular flexibility index (Phi) is 6.29. The Labute approximate surface area is 209 Å². The summed E-state index contributed by atoms with van der Waals surface area (Å²) in [7, 11) is 1.46. The maximum absolute atomic E-state index is 14.1. The van der Waals surface area contributed by atoms with E-state index in [4.69, 9.17) is 16.3 Å². The molecule has 1 aliphatic heterocycles. The first kappa shape index (κ1) is 24.1. The second-order valence-electron chi connectivity index (χ2n) is 8.45. The largest absolute Gasteiger partial charge is 0.497 e. The number of pyridine rings is 1. The van der Waals surface area contributed by atoms with Crippen LogP contribution in [0.4, 0.5) is 13.2 Å². The number of carbonyl (C=O) groups excluding carboxylic acids is 1. The molecule has 186 valence electrons. The van der Waals surface area contributed by atoms with Crippen LogP contribution in [0, 0.1) is 0 Å². The van der Waals surface area contributed by atoms with Crippen LogP contribution in [-0.2, 0) is 6.18 Å². The van der Waals surface area contributed by atoms with Crippen molar-refractivity contribution in [2.75, 3.05) is 13.7 Å². The zero-order valence-electron chi connectivity index (χ0n) is 19.2. The molecule has 1 amide bonds. The van der Waals surface area contributed by atoms with Gasteiger partial charge in [-0.3, -0.25) is 9.78 Å². The SMILES string of the molecule is COc1cccc(-c2cc(C(F)(F)F)n3nc(C(=O)N4CCCCC4c4cccnc4)c(Cl)c3n2)c1. The summed E-state index contributed by atoms with van der Waals surface area (Å²) in [5.74, 6) is -0.0835. The number of alkyl halides is 3. The third-order valence-electron chi connectivity index (χ3n) is 6.22. The highest BCUT2D eigenvalue weighted by Crippen LogP contribution is 2.37. The molecule has 11 heteroatoms. The third kappa shape index (κ3) is 4.37. The zero-order chi connectivity index (χ0) is 25.4. The first-order chi connectivity index (χ1) is 17.3. The van der Waals surface area contributed by atoms with Crippen molar-refractivity contribution in [1.82, 2.24) is 24.5 Å². The van der Waals surface area contributed by atoms with Crippen molar-refractivity contribution in [2.45, 2.75) is 31.5 Å². The molecule has 5 rings (SSSR count). The Balaban J connectivity index is 1.63. The minimum Gasteiger partial charge on any atom is -0.497 e. The van der Waals surface area contributed by atoms with E-state index >= 15 is 0 Å². The fourth-order valence-electron chi connectivity index (χ4n) is 4.49. The Morgan fingerprint density at radius 2 is 2.00 bits per heavy atom. The average Bonchev–Trinajstić information content (AvgIpc) is 3.23. The van der Waals surface area contributed by atoms with Crippen LogP contribution >= 0.6 is 11.6 Å². The number of ether oxygens (including phenoxy) is 1. The molecular formula is C25H21ClF3N5O2. The Hall–Kier alpha value is -3.66. The van der Waals surface area contributed by atoms with E-state index in [0.717, 1.165) is 24.5 Å². The van der Waals surface area contributed by atoms with Crippen LogP contribution in [-0.4, -0.2) is 44.0 Å². The van der Waals surface area contributed by atoms with Crippen LogP contribution in [0.25, 0.3) is 16.9 Å². The molecule has 0 bridgehead atoms. The lowest BCUT2D eigenvalue weighted by atomic mass is 9.96. The number of hydrogen-bond donors (Lipinski definition) is 0. The molecule has 1 saturated heterocycles. The van der Waals surface area contributed by atoms with Crippen molar-refractivity contribution >= 4 is 23.2 Å². The molecule has 4 heterocycles. The minimum absolute atomic E-state index is 0.0285. The summed E-state index contributed by atoms with van der Waals surface area (Å²) < 4.78 is 48.0. The predicted octanol–water partition coefficient (Wildman–Crippen LogP) is 5.84. The minimum atomic E-state index is -4.77. The van der Waals surface area contributed by atoms with Gasteiger partial charge < -0.3 is 9.64 Å². The molecule has 1 unspecified atom stereocenters. The number of nitrogens with zero attached hydrogens (tertiary/aromatic N) is 5. The van der Waals surface area contributed by atoms with Gasteiger partial charge in [-0.25, -0.2) is 9.50 Å². The molecule has 0 radical (unpaired) electrons. The highest BCUT2D eigenvalue weighted by Gasteiger charge is 2.38. The number of rotatable bonds is 4. The molecule has 1 aromatic carbocycles. The van der Waals surface area contributed by atoms with Crippen molar-refractivity contribution in [3.05, 3.63) is 76.8 Å². The highest BCUT2D eigenvalue weighted by atomic mass is 35.5. The van der Waals surface area contributed by atoms with Crippen molar-refractivity contribution in [2.24, 2.45) is 0 Å². The smallest absolute Gasteiger partial charge is 0.433 e. The van der Waals surface area contributed by atoms with Gasteiger partial charge in [0.15, 0.2) is 17.0 Å². The van der Waals surface area contributed by atoms with Gasteiger partial charge in [0.05, 0.1) is 18.8 Å². The van der Waals surface area contributed by atoms with E-state index in [2.05, 4.69) is 15.1 Å². The summed E-state index contributed by atoms with van der Waals surface area (Å²) in [5.41, 5.74) is -0.328. The van der Waals surface area contributed by atoms with E-state index in [1.807, 2.05) is 6.07 Å². The number of fused-ring (bicyclic) bond motifs is 1. The number of methoxy groups -OCH3 is 1. The number of piperidine rings is 1. The van der Waals surface area contributed by atoms with Crippen molar-refractivity contribution < 1.29 is 22.7 Å². The van der Waals surface area contributed by atoms with Crippen LogP contribution in [0.3, 0.4) is 0 Å². The Morgan fingerprint density at radius 3 is 2.72 bits per heavy atom. The van der Waals surface area contributed by atoms with E-state index in [1.165, 1.54) is 7.11 Å². The summed E-state index contributed by atoms with van der Waals surface area (Å²) in [6.07, 6.45) is 0.931. The normalized spacial score (nSPS) is 16.4. The van der Waals surface area contributed by atoms with E-state index in [0.29, 0.717) is 28.8 Å². The maximum atomic E-state index is 14.1. The number of likely N-dealkylation sites (tertiary alicyclic amines) is 1. The average molecular weight is 516 g/mol. The third-order valence-corrected chi connectivity index (χ3v) is 6.57. The van der Waals surface area contributed by atoms with Crippen molar-refractivity contribution in [3.63, 3.8) is 0 Å². The topological polar surface area (TPSA) is 72.6 Å². The second kappa shape index (κ2) is 9.42. The Bertz CT molecular complexity index is 1420. The molecule has 0 N–H and O–H groups in total. The van der Waals surface area contributed by atoms with Crippen LogP contribution in [0.1, 0.15) is 47.1 Å². The lowest BCUT2D eigenvalue weighted by Gasteiger charge is -2.35. The van der Waals surface area contributed by atoms with Crippen LogP contribution in [0.15, 0.2) is 54.9 Å². The molecule has 0 aliphatic carbocycles. The number of carbonyl (C=O) groups is 1. The molecular weight excluding hydrogens is 495 g/mol. The number of halogens is 4. The molecule has 36 heavy (non-hydrogen) atoms. The zero-order valence-corrected chi connectivity index (χ0v) is 19.9. The second-order valence-corrected chi connectivity index (χ2v) is 8.83. The summed E-state index contributed by atoms with van der Waals surface area (Å²) in [4.78, 5) is 23.7. The van der Waals surface area contributed by atoms with Gasteiger partial charge in [0, 0.05) is 24.5 Å². The first-order valence-corrected chi connectivity index (χ1v) is 11.7. The molecule has 1 atom stereocenters. The molecule has 4 aromatic rings. The summed E-state index contributed by atoms with van der Waals surface area (Å²) >= 11 is 6.51. The van der Waals surface area contributed by atoms with E-state index in [1.54, 1.807) is 47.6 Å². The van der Waals surface area contributed by atoms with E-state index in [-0.39, 0.29) is 28.1 Å². The molecule has 0 saturated carbocycles. The van der Waals surface area contributed by atoms with Gasteiger partial charge >= 0.3 is 6.18 Å². The monoisotopic (exact) mass is 515 g/mol. The van der Waals surface area contributed by atoms with Crippen LogP contribution in [0.5, 0.6) is 5.75 Å². The number of hydrogen-bond acceptors (Lipinski definition) is 5. The summed E-state index contributed by atoms with van der Waals surface area (Å²) in [6.45, 7) is 0.428. The first-order valence-electron chi connectivity index (χ1n) is 11.3. The Morgan fingerprint density at radius 1 is 1.17 bits per heavy atom. The number of aromatic nitrogens is 4. The molecule has 1 fully saturated rings. The van der Waals surface area contributed by atoms with Gasteiger partial charge in [0.1, 0.15) is 10.8 Å². The van der Waals surface area contributed by atoms with Gasteiger partial charge in [-0.2, -0.15) is 18.3 Å². The van der Waals surface area contributed by atoms with E-state index < -0.39 is 17.8 Å². The molecule has 0 spiro atoms. The lowest BCUT2D eigenvalue weighted by molar-refractivity contribution is -0.142. The van der Waals surface area contributed by atoms with Gasteiger partial charge in [0.2, 0.25) is 0 Å². The van der Waals surface area contributed by atoms with Crippen molar-refractivity contribution in [3.8, 4) is 17.0 Å². The van der Waals surface area contributed by atoms with E-state index in [9.17, 15) is 18.0 Å². The van der Waals surface area contributed by atoms with Gasteiger partial charge in [-0.1, -0.05) is 29.8 Å². The van der Waals surface area contributed by atoms with Gasteiger partial charge in [-0.15, -0.1) is 0 Å². The molecule has 7 nitrogen and oxygen atoms in total. The standard InChI is InChI=1S/C25H21ClF3N5O2/c1-36-17-8-4-6-15(12-17)18-13-20(25(27,28)29)34-23(31-18)21(26)22(32-34)24(35)33-11-3-2-9-19(33)16-7-5-10-30-14-16/h4-8,10,12-14,19H,2-3,9,11H2,1H3. The van der Waals surface area contributed by atoms with Gasteiger partial charge in [0.25, 0.3) is 5.91 Å². The number of benzene rings is 1. The quantitative estimate of drug-likeness (QED) is 0.341. The maximum Gasteiger partial charge on any atom is 0.433 e. The van der Waals surface area contributed by atoms with Crippen molar-refractivity contribution in [1.29, 1.82) is 0 Å². The fourth-order valence-corrected chi connectivity index (χ4v) is 4.73. The highest BCUT2D eigenvalue weighted by molar-refractivity contribution is 6.36. The predicted molar refractivity (Wildman–Crippen MR) is 127 cm³/mol. The summed E-state index contributed by atoms with van der Waals surface area (Å²) in [6, 6.07) is 10.8. The van der Waals surface area contributed by atoms with Gasteiger partial charge in [-0.05, 0) is 49.1 Å².